The topological polar surface area (TPSA) is 36.3 Å². The molecule has 3 nitrogen and oxygen atoms in total. The van der Waals surface area contributed by atoms with Crippen molar-refractivity contribution in [3.63, 3.8) is 0 Å². The van der Waals surface area contributed by atoms with Crippen molar-refractivity contribution < 1.29 is 4.74 Å². The van der Waals surface area contributed by atoms with Gasteiger partial charge in [-0.2, -0.15) is 5.26 Å². The number of allylic oxidation sites excluding steroid dienone is 4. The lowest BCUT2D eigenvalue weighted by Gasteiger charge is -2.37. The second-order valence-electron chi connectivity index (χ2n) is 8.82. The van der Waals surface area contributed by atoms with Gasteiger partial charge in [-0.05, 0) is 77.6 Å². The van der Waals surface area contributed by atoms with Crippen LogP contribution in [-0.2, 0) is 12.8 Å². The molecule has 0 unspecified atom stereocenters. The Labute approximate surface area is 179 Å². The molecule has 3 heteroatoms. The molecule has 0 atom stereocenters. The van der Waals surface area contributed by atoms with E-state index >= 15 is 0 Å². The molecule has 5 rings (SSSR count). The van der Waals surface area contributed by atoms with E-state index in [-0.39, 0.29) is 5.92 Å². The van der Waals surface area contributed by atoms with E-state index in [1.807, 2.05) is 0 Å². The first kappa shape index (κ1) is 19.0. The summed E-state index contributed by atoms with van der Waals surface area (Å²) in [4.78, 5) is 2.50. The van der Waals surface area contributed by atoms with Crippen molar-refractivity contribution in [2.75, 3.05) is 25.1 Å². The molecule has 0 bridgehead atoms. The quantitative estimate of drug-likeness (QED) is 0.660. The molecule has 3 aliphatic rings. The highest BCUT2D eigenvalue weighted by atomic mass is 16.5. The standard InChI is InChI=1S/C27H28N2O/c1-18-11-13-29(14-12-18)27-23-9-7-20-15-21(30-2)8-10-22(20)25(23)16-24(26(27)17-28)19-5-3-4-6-19/h3-6,8,10,15-16,18-19H,7,9,11-14H2,1-2H3. The zero-order valence-corrected chi connectivity index (χ0v) is 17.8. The molecule has 0 spiro atoms. The SMILES string of the molecule is COc1ccc2c(c1)CCc1c-2cc(C2C=CC=C2)c(C#N)c1N1CCC(C)CC1. The highest BCUT2D eigenvalue weighted by molar-refractivity contribution is 5.84. The number of benzene rings is 2. The van der Waals surface area contributed by atoms with Gasteiger partial charge in [0, 0.05) is 19.0 Å². The summed E-state index contributed by atoms with van der Waals surface area (Å²) in [7, 11) is 1.73. The number of piperidine rings is 1. The molecular formula is C27H28N2O. The van der Waals surface area contributed by atoms with Gasteiger partial charge in [-0.1, -0.05) is 37.3 Å². The molecule has 1 heterocycles. The minimum Gasteiger partial charge on any atom is -0.497 e. The Morgan fingerprint density at radius 1 is 1.03 bits per heavy atom. The van der Waals surface area contributed by atoms with Gasteiger partial charge in [-0.3, -0.25) is 0 Å². The number of ether oxygens (including phenoxy) is 1. The number of hydrogen-bond acceptors (Lipinski definition) is 3. The van der Waals surface area contributed by atoms with E-state index in [0.29, 0.717) is 0 Å². The Morgan fingerprint density at radius 2 is 1.80 bits per heavy atom. The van der Waals surface area contributed by atoms with Crippen molar-refractivity contribution in [1.29, 1.82) is 5.26 Å². The molecule has 0 saturated carbocycles. The number of hydrogen-bond donors (Lipinski definition) is 0. The van der Waals surface area contributed by atoms with E-state index in [2.05, 4.69) is 66.5 Å². The van der Waals surface area contributed by atoms with Crippen LogP contribution in [0.25, 0.3) is 11.1 Å². The Hall–Kier alpha value is -2.99. The van der Waals surface area contributed by atoms with Crippen LogP contribution in [0.15, 0.2) is 48.6 Å². The summed E-state index contributed by atoms with van der Waals surface area (Å²) in [5.74, 6) is 1.86. The minimum absolute atomic E-state index is 0.177. The van der Waals surface area contributed by atoms with E-state index in [4.69, 9.17) is 4.74 Å². The fourth-order valence-corrected chi connectivity index (χ4v) is 5.25. The summed E-state index contributed by atoms with van der Waals surface area (Å²) in [6.45, 7) is 4.42. The third kappa shape index (κ3) is 3.12. The van der Waals surface area contributed by atoms with Crippen LogP contribution in [0.2, 0.25) is 0 Å². The van der Waals surface area contributed by atoms with Crippen LogP contribution in [0.1, 0.15) is 47.9 Å². The average molecular weight is 397 g/mol. The largest absolute Gasteiger partial charge is 0.497 e. The van der Waals surface area contributed by atoms with Crippen LogP contribution in [0.4, 0.5) is 5.69 Å². The fourth-order valence-electron chi connectivity index (χ4n) is 5.25. The number of methoxy groups -OCH3 is 1. The van der Waals surface area contributed by atoms with Crippen molar-refractivity contribution in [3.05, 3.63) is 70.8 Å². The maximum atomic E-state index is 10.3. The molecule has 2 aliphatic carbocycles. The van der Waals surface area contributed by atoms with E-state index < -0.39 is 0 Å². The molecule has 2 aromatic rings. The summed E-state index contributed by atoms with van der Waals surface area (Å²) in [6, 6.07) is 11.3. The first-order chi connectivity index (χ1) is 14.7. The zero-order chi connectivity index (χ0) is 20.7. The van der Waals surface area contributed by atoms with Crippen molar-refractivity contribution in [2.45, 2.75) is 38.5 Å². The summed E-state index contributed by atoms with van der Waals surface area (Å²) in [5, 5.41) is 10.3. The summed E-state index contributed by atoms with van der Waals surface area (Å²) >= 11 is 0. The van der Waals surface area contributed by atoms with Gasteiger partial charge in [0.25, 0.3) is 0 Å². The van der Waals surface area contributed by atoms with Crippen molar-refractivity contribution in [2.24, 2.45) is 5.92 Å². The molecule has 1 fully saturated rings. The van der Waals surface area contributed by atoms with E-state index in [1.54, 1.807) is 7.11 Å². The first-order valence-electron chi connectivity index (χ1n) is 11.1. The molecule has 0 amide bonds. The zero-order valence-electron chi connectivity index (χ0n) is 17.8. The van der Waals surface area contributed by atoms with Crippen LogP contribution >= 0.6 is 0 Å². The van der Waals surface area contributed by atoms with Gasteiger partial charge >= 0.3 is 0 Å². The number of fused-ring (bicyclic) bond motifs is 3. The fraction of sp³-hybridized carbons (Fsp3) is 0.370. The number of rotatable bonds is 3. The van der Waals surface area contributed by atoms with Gasteiger partial charge in [0.2, 0.25) is 0 Å². The van der Waals surface area contributed by atoms with Crippen LogP contribution in [-0.4, -0.2) is 20.2 Å². The number of nitrogens with zero attached hydrogens (tertiary/aromatic N) is 2. The molecule has 1 aliphatic heterocycles. The highest BCUT2D eigenvalue weighted by Crippen LogP contribution is 2.45. The van der Waals surface area contributed by atoms with E-state index in [9.17, 15) is 5.26 Å². The Bertz CT molecular complexity index is 1070. The Morgan fingerprint density at radius 3 is 2.50 bits per heavy atom. The molecule has 152 valence electrons. The summed E-state index contributed by atoms with van der Waals surface area (Å²) < 4.78 is 5.47. The normalized spacial score (nSPS) is 18.2. The molecule has 0 radical (unpaired) electrons. The highest BCUT2D eigenvalue weighted by Gasteiger charge is 2.30. The predicted octanol–water partition coefficient (Wildman–Crippen LogP) is 5.78. The second-order valence-corrected chi connectivity index (χ2v) is 8.82. The average Bonchev–Trinajstić information content (AvgIpc) is 3.32. The predicted molar refractivity (Wildman–Crippen MR) is 122 cm³/mol. The molecular weight excluding hydrogens is 368 g/mol. The van der Waals surface area contributed by atoms with Gasteiger partial charge < -0.3 is 9.64 Å². The molecule has 0 N–H and O–H groups in total. The number of anilines is 1. The molecule has 1 saturated heterocycles. The lowest BCUT2D eigenvalue weighted by molar-refractivity contribution is 0.414. The van der Waals surface area contributed by atoms with Crippen molar-refractivity contribution in [3.8, 4) is 22.9 Å². The Balaban J connectivity index is 1.73. The van der Waals surface area contributed by atoms with Crippen molar-refractivity contribution >= 4 is 5.69 Å². The monoisotopic (exact) mass is 396 g/mol. The Kier molecular flexibility index (Phi) is 4.87. The minimum atomic E-state index is 0.177. The molecule has 30 heavy (non-hydrogen) atoms. The van der Waals surface area contributed by atoms with Crippen molar-refractivity contribution in [1.82, 2.24) is 0 Å². The number of nitriles is 1. The van der Waals surface area contributed by atoms with Crippen LogP contribution in [0, 0.1) is 17.2 Å². The summed E-state index contributed by atoms with van der Waals surface area (Å²) in [6.07, 6.45) is 12.9. The maximum Gasteiger partial charge on any atom is 0.119 e. The van der Waals surface area contributed by atoms with Gasteiger partial charge in [0.15, 0.2) is 0 Å². The third-order valence-electron chi connectivity index (χ3n) is 7.00. The summed E-state index contributed by atoms with van der Waals surface area (Å²) in [5.41, 5.74) is 8.50. The van der Waals surface area contributed by atoms with Crippen LogP contribution < -0.4 is 9.64 Å². The van der Waals surface area contributed by atoms with E-state index in [0.717, 1.165) is 48.7 Å². The lowest BCUT2D eigenvalue weighted by atomic mass is 9.79. The first-order valence-corrected chi connectivity index (χ1v) is 11.1. The van der Waals surface area contributed by atoms with Gasteiger partial charge in [0.05, 0.1) is 18.4 Å². The van der Waals surface area contributed by atoms with E-state index in [1.165, 1.54) is 40.8 Å². The van der Waals surface area contributed by atoms with Gasteiger partial charge in [-0.25, -0.2) is 0 Å². The van der Waals surface area contributed by atoms with Crippen LogP contribution in [0.5, 0.6) is 5.75 Å². The maximum absolute atomic E-state index is 10.3. The second kappa shape index (κ2) is 7.69. The molecule has 0 aromatic heterocycles. The molecule has 2 aromatic carbocycles. The van der Waals surface area contributed by atoms with Crippen LogP contribution in [0.3, 0.4) is 0 Å². The smallest absolute Gasteiger partial charge is 0.119 e. The van der Waals surface area contributed by atoms with Gasteiger partial charge in [-0.15, -0.1) is 0 Å². The third-order valence-corrected chi connectivity index (χ3v) is 7.00. The number of aryl methyl sites for hydroxylation is 1. The lowest BCUT2D eigenvalue weighted by Crippen LogP contribution is -2.34. The van der Waals surface area contributed by atoms with Gasteiger partial charge in [0.1, 0.15) is 11.8 Å².